The van der Waals surface area contributed by atoms with E-state index < -0.39 is 0 Å². The van der Waals surface area contributed by atoms with E-state index in [0.717, 1.165) is 9.80 Å². The molecule has 0 aliphatic carbocycles. The van der Waals surface area contributed by atoms with Gasteiger partial charge < -0.3 is 9.31 Å². The van der Waals surface area contributed by atoms with Crippen molar-refractivity contribution in [2.45, 2.75) is 13.8 Å². The van der Waals surface area contributed by atoms with E-state index in [9.17, 15) is 0 Å². The van der Waals surface area contributed by atoms with Gasteiger partial charge in [0.2, 0.25) is 0 Å². The molecular formula is C9H12BClO2S. The summed E-state index contributed by atoms with van der Waals surface area (Å²) in [6.45, 7) is 5.67. The number of hydrogen-bond donors (Lipinski definition) is 0. The van der Waals surface area contributed by atoms with E-state index in [2.05, 4.69) is 13.8 Å². The lowest BCUT2D eigenvalue weighted by molar-refractivity contribution is 0.0343. The number of hydrogen-bond acceptors (Lipinski definition) is 3. The molecule has 0 unspecified atom stereocenters. The molecule has 0 spiro atoms. The van der Waals surface area contributed by atoms with Gasteiger partial charge in [-0.25, -0.2) is 0 Å². The molecule has 1 aliphatic heterocycles. The minimum absolute atomic E-state index is 0.110. The van der Waals surface area contributed by atoms with E-state index in [1.54, 1.807) is 0 Å². The van der Waals surface area contributed by atoms with Gasteiger partial charge in [-0.3, -0.25) is 0 Å². The number of halogens is 1. The van der Waals surface area contributed by atoms with Gasteiger partial charge in [0.25, 0.3) is 0 Å². The first-order valence-corrected chi connectivity index (χ1v) is 5.80. The van der Waals surface area contributed by atoms with Crippen LogP contribution in [-0.2, 0) is 9.31 Å². The molecule has 0 atom stereocenters. The van der Waals surface area contributed by atoms with Gasteiger partial charge in [0.15, 0.2) is 0 Å². The molecule has 2 heterocycles. The molecule has 1 fully saturated rings. The van der Waals surface area contributed by atoms with Gasteiger partial charge in [-0.05, 0) is 5.38 Å². The van der Waals surface area contributed by atoms with E-state index in [-0.39, 0.29) is 12.5 Å². The maximum absolute atomic E-state index is 6.00. The van der Waals surface area contributed by atoms with Crippen molar-refractivity contribution in [2.24, 2.45) is 5.41 Å². The summed E-state index contributed by atoms with van der Waals surface area (Å²) in [6, 6.07) is 1.95. The summed E-state index contributed by atoms with van der Waals surface area (Å²) in [5.41, 5.74) is 1.06. The molecule has 0 N–H and O–H groups in total. The first-order chi connectivity index (χ1) is 6.58. The van der Waals surface area contributed by atoms with Crippen LogP contribution in [0.4, 0.5) is 0 Å². The molecule has 2 nitrogen and oxygen atoms in total. The SMILES string of the molecule is CC1(C)COB(c2ccsc2Cl)OC1. The Morgan fingerprint density at radius 1 is 1.43 bits per heavy atom. The Balaban J connectivity index is 2.06. The van der Waals surface area contributed by atoms with Crippen LogP contribution in [0.25, 0.3) is 0 Å². The lowest BCUT2D eigenvalue weighted by Gasteiger charge is -2.32. The average molecular weight is 231 g/mol. The molecule has 0 radical (unpaired) electrons. The molecular weight excluding hydrogens is 218 g/mol. The predicted octanol–water partition coefficient (Wildman–Crippen LogP) is 2.17. The van der Waals surface area contributed by atoms with Crippen molar-refractivity contribution in [2.75, 3.05) is 13.2 Å². The van der Waals surface area contributed by atoms with E-state index >= 15 is 0 Å². The third-order valence-electron chi connectivity index (χ3n) is 2.15. The first kappa shape index (κ1) is 10.5. The highest BCUT2D eigenvalue weighted by Gasteiger charge is 2.34. The quantitative estimate of drug-likeness (QED) is 0.689. The van der Waals surface area contributed by atoms with Crippen LogP contribution >= 0.6 is 22.9 Å². The van der Waals surface area contributed by atoms with Gasteiger partial charge in [0, 0.05) is 24.1 Å². The predicted molar refractivity (Wildman–Crippen MR) is 60.4 cm³/mol. The van der Waals surface area contributed by atoms with Crippen LogP contribution in [0.1, 0.15) is 13.8 Å². The highest BCUT2D eigenvalue weighted by atomic mass is 35.5. The third kappa shape index (κ3) is 2.14. The zero-order valence-electron chi connectivity index (χ0n) is 8.25. The summed E-state index contributed by atoms with van der Waals surface area (Å²) in [5, 5.41) is 1.95. The maximum Gasteiger partial charge on any atom is 0.496 e. The lowest BCUT2D eigenvalue weighted by Crippen LogP contribution is -2.47. The topological polar surface area (TPSA) is 18.5 Å². The van der Waals surface area contributed by atoms with Crippen molar-refractivity contribution in [3.8, 4) is 0 Å². The average Bonchev–Trinajstić information content (AvgIpc) is 2.52. The van der Waals surface area contributed by atoms with Crippen LogP contribution < -0.4 is 5.46 Å². The van der Waals surface area contributed by atoms with Gasteiger partial charge in [-0.15, -0.1) is 11.3 Å². The van der Waals surface area contributed by atoms with Crippen molar-refractivity contribution in [3.05, 3.63) is 15.8 Å². The molecule has 1 aromatic heterocycles. The minimum atomic E-state index is -0.276. The molecule has 1 saturated heterocycles. The van der Waals surface area contributed by atoms with Gasteiger partial charge in [-0.2, -0.15) is 0 Å². The lowest BCUT2D eigenvalue weighted by atomic mass is 9.77. The number of thiophene rings is 1. The van der Waals surface area contributed by atoms with Crippen LogP contribution in [0, 0.1) is 5.41 Å². The van der Waals surface area contributed by atoms with Crippen LogP contribution in [0.3, 0.4) is 0 Å². The van der Waals surface area contributed by atoms with Crippen LogP contribution in [0.5, 0.6) is 0 Å². The maximum atomic E-state index is 6.00. The highest BCUT2D eigenvalue weighted by Crippen LogP contribution is 2.23. The first-order valence-electron chi connectivity index (χ1n) is 4.55. The zero-order valence-corrected chi connectivity index (χ0v) is 9.82. The van der Waals surface area contributed by atoms with E-state index in [0.29, 0.717) is 13.2 Å². The molecule has 76 valence electrons. The van der Waals surface area contributed by atoms with Crippen molar-refractivity contribution in [3.63, 3.8) is 0 Å². The Bertz CT molecular complexity index is 316. The smallest absolute Gasteiger partial charge is 0.407 e. The minimum Gasteiger partial charge on any atom is -0.407 e. The second kappa shape index (κ2) is 3.85. The second-order valence-corrected chi connectivity index (χ2v) is 5.79. The Labute approximate surface area is 93.3 Å². The van der Waals surface area contributed by atoms with E-state index in [1.165, 1.54) is 11.3 Å². The molecule has 0 amide bonds. The Morgan fingerprint density at radius 3 is 2.57 bits per heavy atom. The Kier molecular flexibility index (Phi) is 2.89. The second-order valence-electron chi connectivity index (χ2n) is 4.27. The van der Waals surface area contributed by atoms with Crippen LogP contribution in [-0.4, -0.2) is 20.3 Å². The van der Waals surface area contributed by atoms with Gasteiger partial charge in [0.05, 0.1) is 4.34 Å². The third-order valence-corrected chi connectivity index (χ3v) is 3.35. The van der Waals surface area contributed by atoms with Gasteiger partial charge >= 0.3 is 7.12 Å². The molecule has 0 aromatic carbocycles. The van der Waals surface area contributed by atoms with Crippen LogP contribution in [0.2, 0.25) is 4.34 Å². The monoisotopic (exact) mass is 230 g/mol. The number of rotatable bonds is 1. The summed E-state index contributed by atoms with van der Waals surface area (Å²) in [4.78, 5) is 0. The summed E-state index contributed by atoms with van der Waals surface area (Å²) >= 11 is 7.51. The Hall–Kier alpha value is -0.0251. The van der Waals surface area contributed by atoms with Gasteiger partial charge in [0.1, 0.15) is 0 Å². The van der Waals surface area contributed by atoms with Crippen LogP contribution in [0.15, 0.2) is 11.4 Å². The fourth-order valence-electron chi connectivity index (χ4n) is 1.34. The van der Waals surface area contributed by atoms with Crippen molar-refractivity contribution in [1.82, 2.24) is 0 Å². The standard InChI is InChI=1S/C9H12BClO2S/c1-9(2)5-12-10(13-6-9)7-3-4-14-8(7)11/h3-4H,5-6H2,1-2H3. The van der Waals surface area contributed by atoms with Gasteiger partial charge in [-0.1, -0.05) is 31.5 Å². The Morgan fingerprint density at radius 2 is 2.07 bits per heavy atom. The molecule has 5 heteroatoms. The summed E-state index contributed by atoms with van der Waals surface area (Å²) in [5.74, 6) is 0. The zero-order chi connectivity index (χ0) is 10.2. The fourth-order valence-corrected chi connectivity index (χ4v) is 2.28. The van der Waals surface area contributed by atoms with E-state index in [4.69, 9.17) is 20.9 Å². The largest absolute Gasteiger partial charge is 0.496 e. The van der Waals surface area contributed by atoms with Crippen molar-refractivity contribution >= 4 is 35.5 Å². The molecule has 0 saturated carbocycles. The molecule has 2 rings (SSSR count). The molecule has 1 aliphatic rings. The van der Waals surface area contributed by atoms with Crippen molar-refractivity contribution < 1.29 is 9.31 Å². The molecule has 0 bridgehead atoms. The van der Waals surface area contributed by atoms with Crippen molar-refractivity contribution in [1.29, 1.82) is 0 Å². The normalized spacial score (nSPS) is 21.2. The van der Waals surface area contributed by atoms with E-state index in [1.807, 2.05) is 11.4 Å². The summed E-state index contributed by atoms with van der Waals surface area (Å²) < 4.78 is 12.0. The fraction of sp³-hybridized carbons (Fsp3) is 0.556. The summed E-state index contributed by atoms with van der Waals surface area (Å²) in [6.07, 6.45) is 0. The molecule has 14 heavy (non-hydrogen) atoms. The highest BCUT2D eigenvalue weighted by molar-refractivity contribution is 7.16. The summed E-state index contributed by atoms with van der Waals surface area (Å²) in [7, 11) is -0.276. The molecule has 1 aromatic rings.